The normalized spacial score (nSPS) is 16.0. The van der Waals surface area contributed by atoms with Crippen molar-refractivity contribution in [2.45, 2.75) is 110 Å². The fourth-order valence-corrected chi connectivity index (χ4v) is 5.07. The van der Waals surface area contributed by atoms with Crippen LogP contribution in [0.25, 0.3) is 11.4 Å². The first-order chi connectivity index (χ1) is 19.6. The van der Waals surface area contributed by atoms with Gasteiger partial charge in [-0.1, -0.05) is 81.3 Å². The van der Waals surface area contributed by atoms with Crippen LogP contribution in [-0.2, 0) is 17.6 Å². The van der Waals surface area contributed by atoms with Gasteiger partial charge < -0.3 is 19.3 Å². The van der Waals surface area contributed by atoms with Gasteiger partial charge in [-0.2, -0.15) is 4.98 Å². The van der Waals surface area contributed by atoms with Crippen molar-refractivity contribution in [3.63, 3.8) is 0 Å². The van der Waals surface area contributed by atoms with E-state index in [1.165, 1.54) is 56.9 Å². The van der Waals surface area contributed by atoms with E-state index < -0.39 is 17.8 Å². The van der Waals surface area contributed by atoms with Crippen molar-refractivity contribution in [1.29, 1.82) is 0 Å². The summed E-state index contributed by atoms with van der Waals surface area (Å²) >= 11 is 0. The Morgan fingerprint density at radius 3 is 2.44 bits per heavy atom. The second-order valence-corrected chi connectivity index (χ2v) is 11.9. The number of alkyl carbamates (subject to hydrolysis) is 1. The predicted octanol–water partition coefficient (Wildman–Crippen LogP) is 7.23. The number of nitrogens with zero attached hydrogens (tertiary/aromatic N) is 4. The van der Waals surface area contributed by atoms with Gasteiger partial charge in [-0.15, -0.1) is 4.99 Å². The number of carbonyl (C=O) groups is 2. The van der Waals surface area contributed by atoms with E-state index in [9.17, 15) is 14.7 Å². The molecule has 2 N–H and O–H groups in total. The van der Waals surface area contributed by atoms with Gasteiger partial charge >= 0.3 is 12.2 Å². The van der Waals surface area contributed by atoms with Crippen LogP contribution in [0.5, 0.6) is 0 Å². The monoisotopic (exact) mass is 569 g/mol. The third-order valence-corrected chi connectivity index (χ3v) is 7.10. The van der Waals surface area contributed by atoms with E-state index in [1.54, 1.807) is 25.7 Å². The Bertz CT molecular complexity index is 1120. The average molecular weight is 570 g/mol. The van der Waals surface area contributed by atoms with E-state index in [4.69, 9.17) is 9.26 Å². The largest absolute Gasteiger partial charge is 0.463 e. The number of aliphatic imine (C=N–C) groups is 1. The van der Waals surface area contributed by atoms with Crippen LogP contribution in [0.3, 0.4) is 0 Å². The average Bonchev–Trinajstić information content (AvgIpc) is 3.37. The van der Waals surface area contributed by atoms with Gasteiger partial charge in [0.1, 0.15) is 5.60 Å². The van der Waals surface area contributed by atoms with Crippen LogP contribution in [0.2, 0.25) is 0 Å². The first-order valence-electron chi connectivity index (χ1n) is 15.1. The highest BCUT2D eigenvalue weighted by molar-refractivity contribution is 5.98. The Morgan fingerprint density at radius 2 is 1.78 bits per heavy atom. The van der Waals surface area contributed by atoms with Crippen LogP contribution in [-0.4, -0.2) is 57.0 Å². The number of unbranched alkanes of at least 4 members (excludes halogenated alkanes) is 7. The summed E-state index contributed by atoms with van der Waals surface area (Å²) in [5.74, 6) is 1.19. The van der Waals surface area contributed by atoms with Crippen molar-refractivity contribution in [1.82, 2.24) is 20.4 Å². The predicted molar refractivity (Wildman–Crippen MR) is 159 cm³/mol. The van der Waals surface area contributed by atoms with E-state index >= 15 is 0 Å². The maximum atomic E-state index is 12.3. The SMILES string of the molecule is CCCCCCCCCCc1ccc(-c2noc(C[C@@H]3CCCN(/C(=N/C(=O)O)NC(=O)OC(C)(C)C)C3)n2)cc1. The molecular formula is C31H47N5O5. The van der Waals surface area contributed by atoms with E-state index in [2.05, 4.69) is 39.5 Å². The Hall–Kier alpha value is -3.43. The second-order valence-electron chi connectivity index (χ2n) is 11.9. The minimum atomic E-state index is -1.39. The summed E-state index contributed by atoms with van der Waals surface area (Å²) in [5, 5.41) is 15.9. The number of piperidine rings is 1. The highest BCUT2D eigenvalue weighted by Crippen LogP contribution is 2.23. The second kappa shape index (κ2) is 16.1. The lowest BCUT2D eigenvalue weighted by Gasteiger charge is -2.34. The lowest BCUT2D eigenvalue weighted by molar-refractivity contribution is 0.0553. The molecule has 0 unspecified atom stereocenters. The van der Waals surface area contributed by atoms with Crippen LogP contribution >= 0.6 is 0 Å². The number of likely N-dealkylation sites (tertiary alicyclic amines) is 1. The van der Waals surface area contributed by atoms with Crippen molar-refractivity contribution in [2.75, 3.05) is 13.1 Å². The molecule has 1 aliphatic rings. The van der Waals surface area contributed by atoms with Crippen LogP contribution in [0, 0.1) is 5.92 Å². The summed E-state index contributed by atoms with van der Waals surface area (Å²) in [6.45, 7) is 8.53. The maximum Gasteiger partial charge on any atom is 0.434 e. The summed E-state index contributed by atoms with van der Waals surface area (Å²) < 4.78 is 10.8. The van der Waals surface area contributed by atoms with Gasteiger partial charge in [0.05, 0.1) is 0 Å². The number of carboxylic acid groups (broad SMARTS) is 1. The molecule has 0 aliphatic carbocycles. The van der Waals surface area contributed by atoms with Crippen molar-refractivity contribution < 1.29 is 24.0 Å². The molecule has 1 aromatic heterocycles. The number of aromatic nitrogens is 2. The zero-order valence-electron chi connectivity index (χ0n) is 25.2. The smallest absolute Gasteiger partial charge is 0.434 e. The Morgan fingerprint density at radius 1 is 1.10 bits per heavy atom. The van der Waals surface area contributed by atoms with Crippen molar-refractivity contribution >= 4 is 18.1 Å². The fourth-order valence-electron chi connectivity index (χ4n) is 5.07. The lowest BCUT2D eigenvalue weighted by atomic mass is 9.95. The quantitative estimate of drug-likeness (QED) is 0.155. The van der Waals surface area contributed by atoms with E-state index in [-0.39, 0.29) is 11.9 Å². The zero-order chi connectivity index (χ0) is 29.7. The minimum absolute atomic E-state index is 0.0327. The number of aryl methyl sites for hydroxylation is 1. The molecule has 226 valence electrons. The number of amides is 2. The Kier molecular flexibility index (Phi) is 12.6. The first kappa shape index (κ1) is 32.1. The summed E-state index contributed by atoms with van der Waals surface area (Å²) in [4.78, 5) is 33.6. The molecule has 10 heteroatoms. The molecule has 0 spiro atoms. The summed E-state index contributed by atoms with van der Waals surface area (Å²) in [5.41, 5.74) is 1.53. The topological polar surface area (TPSA) is 130 Å². The first-order valence-corrected chi connectivity index (χ1v) is 15.1. The zero-order valence-corrected chi connectivity index (χ0v) is 25.2. The minimum Gasteiger partial charge on any atom is -0.463 e. The number of nitrogens with one attached hydrogen (secondary N) is 1. The molecule has 0 bridgehead atoms. The summed E-state index contributed by atoms with van der Waals surface area (Å²) in [7, 11) is 0. The molecule has 3 rings (SSSR count). The molecule has 2 heterocycles. The van der Waals surface area contributed by atoms with Gasteiger partial charge in [0.15, 0.2) is 0 Å². The number of guanidine groups is 1. The van der Waals surface area contributed by atoms with Crippen molar-refractivity contribution in [3.05, 3.63) is 35.7 Å². The van der Waals surface area contributed by atoms with Crippen LogP contribution in [0.1, 0.15) is 103 Å². The molecule has 2 amide bonds. The van der Waals surface area contributed by atoms with Gasteiger partial charge in [-0.3, -0.25) is 5.32 Å². The van der Waals surface area contributed by atoms with Gasteiger partial charge in [-0.05, 0) is 57.9 Å². The van der Waals surface area contributed by atoms with E-state index in [0.29, 0.717) is 31.2 Å². The highest BCUT2D eigenvalue weighted by atomic mass is 16.6. The Labute approximate surface area is 243 Å². The highest BCUT2D eigenvalue weighted by Gasteiger charge is 2.27. The molecule has 41 heavy (non-hydrogen) atoms. The van der Waals surface area contributed by atoms with Gasteiger partial charge in [0, 0.05) is 25.1 Å². The van der Waals surface area contributed by atoms with Crippen LogP contribution < -0.4 is 5.32 Å². The molecule has 0 radical (unpaired) electrons. The van der Waals surface area contributed by atoms with E-state index in [0.717, 1.165) is 24.8 Å². The Balaban J connectivity index is 1.50. The van der Waals surface area contributed by atoms with Gasteiger partial charge in [0.2, 0.25) is 17.7 Å². The molecule has 1 fully saturated rings. The summed E-state index contributed by atoms with van der Waals surface area (Å²) in [6, 6.07) is 8.39. The number of hydrogen-bond acceptors (Lipinski definition) is 6. The molecule has 1 aliphatic heterocycles. The number of hydrogen-bond donors (Lipinski definition) is 2. The van der Waals surface area contributed by atoms with Gasteiger partial charge in [0.25, 0.3) is 0 Å². The number of carbonyl (C=O) groups excluding carboxylic acids is 1. The maximum absolute atomic E-state index is 12.3. The molecular weight excluding hydrogens is 522 g/mol. The van der Waals surface area contributed by atoms with Crippen molar-refractivity contribution in [3.8, 4) is 11.4 Å². The molecule has 10 nitrogen and oxygen atoms in total. The lowest BCUT2D eigenvalue weighted by Crippen LogP contribution is -2.50. The summed E-state index contributed by atoms with van der Waals surface area (Å²) in [6.07, 6.45) is 11.8. The fraction of sp³-hybridized carbons (Fsp3) is 0.645. The van der Waals surface area contributed by atoms with Crippen LogP contribution in [0.4, 0.5) is 9.59 Å². The number of benzene rings is 1. The van der Waals surface area contributed by atoms with E-state index in [1.807, 2.05) is 12.1 Å². The van der Waals surface area contributed by atoms with Crippen LogP contribution in [0.15, 0.2) is 33.8 Å². The number of rotatable bonds is 12. The molecule has 2 aromatic rings. The molecule has 1 aromatic carbocycles. The third-order valence-electron chi connectivity index (χ3n) is 7.10. The molecule has 0 saturated carbocycles. The standard InChI is InChI=1S/C31H47N5O5/c1-5-6-7-8-9-10-11-12-14-23-16-18-25(19-17-23)27-32-26(41-35-27)21-24-15-13-20-36(22-24)28(33-29(37)38)34-30(39)40-31(2,3)4/h16-19,24H,5-15,20-22H2,1-4H3,(H,37,38)(H,33,34,39)/t24-/m0/s1. The number of ether oxygens (including phenoxy) is 1. The third kappa shape index (κ3) is 11.9. The molecule has 1 saturated heterocycles. The van der Waals surface area contributed by atoms with Crippen molar-refractivity contribution in [2.24, 2.45) is 10.9 Å². The van der Waals surface area contributed by atoms with Gasteiger partial charge in [-0.25, -0.2) is 9.59 Å². The molecule has 1 atom stereocenters.